The van der Waals surface area contributed by atoms with Gasteiger partial charge in [0.05, 0.1) is 0 Å². The highest BCUT2D eigenvalue weighted by Crippen LogP contribution is 2.38. The Morgan fingerprint density at radius 3 is 2.17 bits per heavy atom. The normalized spacial score (nSPS) is 29.2. The minimum Gasteiger partial charge on any atom is -0.329 e. The van der Waals surface area contributed by atoms with E-state index in [-0.39, 0.29) is 0 Å². The van der Waals surface area contributed by atoms with Crippen LogP contribution in [0.1, 0.15) is 72.6 Å². The zero-order valence-electron chi connectivity index (χ0n) is 13.0. The van der Waals surface area contributed by atoms with Crippen molar-refractivity contribution in [3.63, 3.8) is 0 Å². The van der Waals surface area contributed by atoms with E-state index in [0.717, 1.165) is 12.5 Å². The summed E-state index contributed by atoms with van der Waals surface area (Å²) in [4.78, 5) is 2.69. The average Bonchev–Trinajstić information content (AvgIpc) is 2.37. The molecule has 0 aromatic heterocycles. The van der Waals surface area contributed by atoms with Crippen LogP contribution >= 0.6 is 0 Å². The number of hydrogen-bond acceptors (Lipinski definition) is 2. The van der Waals surface area contributed by atoms with Crippen LogP contribution in [0.2, 0.25) is 0 Å². The molecule has 0 heterocycles. The SMILES string of the molecule is CCCC1CCC(CN)(N(CCC)C(C)C)CC1. The fraction of sp³-hybridized carbons (Fsp3) is 1.00. The maximum absolute atomic E-state index is 6.18. The van der Waals surface area contributed by atoms with Gasteiger partial charge in [0, 0.05) is 18.1 Å². The number of hydrogen-bond donors (Lipinski definition) is 1. The zero-order chi connectivity index (χ0) is 13.6. The Bertz CT molecular complexity index is 217. The lowest BCUT2D eigenvalue weighted by Gasteiger charge is -2.49. The molecule has 0 atom stereocenters. The van der Waals surface area contributed by atoms with Crippen LogP contribution in [0.25, 0.3) is 0 Å². The molecule has 0 amide bonds. The van der Waals surface area contributed by atoms with Crippen molar-refractivity contribution in [2.75, 3.05) is 13.1 Å². The molecule has 2 nitrogen and oxygen atoms in total. The smallest absolute Gasteiger partial charge is 0.0334 e. The van der Waals surface area contributed by atoms with Crippen molar-refractivity contribution in [1.29, 1.82) is 0 Å². The van der Waals surface area contributed by atoms with E-state index in [1.54, 1.807) is 0 Å². The molecule has 0 unspecified atom stereocenters. The summed E-state index contributed by atoms with van der Waals surface area (Å²) in [5.41, 5.74) is 6.48. The van der Waals surface area contributed by atoms with Crippen molar-refractivity contribution in [2.24, 2.45) is 11.7 Å². The summed E-state index contributed by atoms with van der Waals surface area (Å²) in [6, 6.07) is 0.622. The molecule has 108 valence electrons. The second-order valence-corrected chi connectivity index (χ2v) is 6.45. The van der Waals surface area contributed by atoms with Crippen molar-refractivity contribution in [3.8, 4) is 0 Å². The van der Waals surface area contributed by atoms with Gasteiger partial charge in [-0.1, -0.05) is 26.7 Å². The van der Waals surface area contributed by atoms with Gasteiger partial charge in [-0.2, -0.15) is 0 Å². The van der Waals surface area contributed by atoms with Gasteiger partial charge in [-0.05, 0) is 58.4 Å². The lowest BCUT2D eigenvalue weighted by Crippen LogP contribution is -2.58. The van der Waals surface area contributed by atoms with Crippen LogP contribution in [0, 0.1) is 5.92 Å². The maximum Gasteiger partial charge on any atom is 0.0334 e. The third kappa shape index (κ3) is 3.71. The molecule has 2 N–H and O–H groups in total. The fourth-order valence-electron chi connectivity index (χ4n) is 3.80. The minimum absolute atomic E-state index is 0.300. The first-order chi connectivity index (χ1) is 8.59. The summed E-state index contributed by atoms with van der Waals surface area (Å²) >= 11 is 0. The third-order valence-electron chi connectivity index (χ3n) is 4.81. The molecule has 1 aliphatic carbocycles. The Morgan fingerprint density at radius 1 is 1.17 bits per heavy atom. The maximum atomic E-state index is 6.18. The van der Waals surface area contributed by atoms with Crippen LogP contribution < -0.4 is 5.73 Å². The van der Waals surface area contributed by atoms with Crippen molar-refractivity contribution in [2.45, 2.75) is 84.2 Å². The van der Waals surface area contributed by atoms with Gasteiger partial charge >= 0.3 is 0 Å². The van der Waals surface area contributed by atoms with E-state index in [1.165, 1.54) is 51.5 Å². The van der Waals surface area contributed by atoms with Gasteiger partial charge in [-0.15, -0.1) is 0 Å². The van der Waals surface area contributed by atoms with Crippen LogP contribution in [0.15, 0.2) is 0 Å². The summed E-state index contributed by atoms with van der Waals surface area (Å²) in [5, 5.41) is 0. The lowest BCUT2D eigenvalue weighted by molar-refractivity contribution is 0.0168. The topological polar surface area (TPSA) is 29.3 Å². The molecular weight excluding hydrogens is 220 g/mol. The molecule has 0 radical (unpaired) electrons. The highest BCUT2D eigenvalue weighted by Gasteiger charge is 2.39. The monoisotopic (exact) mass is 254 g/mol. The molecule has 0 aliphatic heterocycles. The van der Waals surface area contributed by atoms with Gasteiger partial charge < -0.3 is 5.73 Å². The van der Waals surface area contributed by atoms with E-state index in [4.69, 9.17) is 5.73 Å². The summed E-state index contributed by atoms with van der Waals surface area (Å²) in [6.45, 7) is 11.3. The molecule has 1 fully saturated rings. The van der Waals surface area contributed by atoms with Crippen LogP contribution in [-0.4, -0.2) is 29.6 Å². The Balaban J connectivity index is 2.68. The third-order valence-corrected chi connectivity index (χ3v) is 4.81. The van der Waals surface area contributed by atoms with E-state index in [2.05, 4.69) is 32.6 Å². The molecule has 1 aliphatic rings. The summed E-state index contributed by atoms with van der Waals surface area (Å²) in [7, 11) is 0. The van der Waals surface area contributed by atoms with Gasteiger partial charge in [0.25, 0.3) is 0 Å². The van der Waals surface area contributed by atoms with E-state index in [0.29, 0.717) is 11.6 Å². The van der Waals surface area contributed by atoms with E-state index >= 15 is 0 Å². The lowest BCUT2D eigenvalue weighted by atomic mass is 9.73. The molecular formula is C16H34N2. The van der Waals surface area contributed by atoms with Crippen LogP contribution in [0.4, 0.5) is 0 Å². The van der Waals surface area contributed by atoms with Gasteiger partial charge in [0.15, 0.2) is 0 Å². The first-order valence-corrected chi connectivity index (χ1v) is 8.06. The first kappa shape index (κ1) is 16.0. The van der Waals surface area contributed by atoms with Gasteiger partial charge in [0.2, 0.25) is 0 Å². The Morgan fingerprint density at radius 2 is 1.78 bits per heavy atom. The first-order valence-electron chi connectivity index (χ1n) is 8.06. The Kier molecular flexibility index (Phi) is 6.65. The van der Waals surface area contributed by atoms with Crippen LogP contribution in [0.5, 0.6) is 0 Å². The van der Waals surface area contributed by atoms with E-state index in [9.17, 15) is 0 Å². The Hall–Kier alpha value is -0.0800. The minimum atomic E-state index is 0.300. The predicted octanol–water partition coefficient (Wildman–Crippen LogP) is 3.79. The quantitative estimate of drug-likeness (QED) is 0.749. The summed E-state index contributed by atoms with van der Waals surface area (Å²) in [6.07, 6.45) is 9.38. The molecule has 1 saturated carbocycles. The number of nitrogens with two attached hydrogens (primary N) is 1. The molecule has 1 rings (SSSR count). The second kappa shape index (κ2) is 7.49. The van der Waals surface area contributed by atoms with Crippen LogP contribution in [0.3, 0.4) is 0 Å². The molecule has 2 heteroatoms. The molecule has 0 spiro atoms. The largest absolute Gasteiger partial charge is 0.329 e. The molecule has 0 aromatic rings. The van der Waals surface area contributed by atoms with Crippen molar-refractivity contribution < 1.29 is 0 Å². The van der Waals surface area contributed by atoms with Crippen molar-refractivity contribution in [3.05, 3.63) is 0 Å². The van der Waals surface area contributed by atoms with E-state index < -0.39 is 0 Å². The molecule has 0 saturated heterocycles. The molecule has 0 bridgehead atoms. The van der Waals surface area contributed by atoms with Crippen molar-refractivity contribution >= 4 is 0 Å². The Labute approximate surface area is 114 Å². The summed E-state index contributed by atoms with van der Waals surface area (Å²) in [5.74, 6) is 0.963. The highest BCUT2D eigenvalue weighted by atomic mass is 15.2. The highest BCUT2D eigenvalue weighted by molar-refractivity contribution is 4.96. The predicted molar refractivity (Wildman–Crippen MR) is 80.8 cm³/mol. The van der Waals surface area contributed by atoms with Gasteiger partial charge in [-0.3, -0.25) is 4.90 Å². The fourth-order valence-corrected chi connectivity index (χ4v) is 3.80. The second-order valence-electron chi connectivity index (χ2n) is 6.45. The molecule has 18 heavy (non-hydrogen) atoms. The van der Waals surface area contributed by atoms with Crippen molar-refractivity contribution in [1.82, 2.24) is 4.90 Å². The number of rotatable bonds is 7. The molecule has 0 aromatic carbocycles. The van der Waals surface area contributed by atoms with Gasteiger partial charge in [0.1, 0.15) is 0 Å². The number of nitrogens with zero attached hydrogens (tertiary/aromatic N) is 1. The zero-order valence-corrected chi connectivity index (χ0v) is 13.0. The van der Waals surface area contributed by atoms with E-state index in [1.807, 2.05) is 0 Å². The average molecular weight is 254 g/mol. The summed E-state index contributed by atoms with van der Waals surface area (Å²) < 4.78 is 0. The van der Waals surface area contributed by atoms with Gasteiger partial charge in [-0.25, -0.2) is 0 Å². The van der Waals surface area contributed by atoms with Crippen LogP contribution in [-0.2, 0) is 0 Å². The standard InChI is InChI=1S/C16H34N2/c1-5-7-15-8-10-16(13-17,11-9-15)18(12-6-2)14(3)4/h14-15H,5-13,17H2,1-4H3.